The number of benzene rings is 1. The van der Waals surface area contributed by atoms with Crippen LogP contribution in [-0.2, 0) is 18.4 Å². The van der Waals surface area contributed by atoms with E-state index in [1.165, 1.54) is 26.1 Å². The molecule has 0 saturated heterocycles. The summed E-state index contributed by atoms with van der Waals surface area (Å²) in [5, 5.41) is 9.26. The molecule has 1 aromatic heterocycles. The molecular formula is C15H16N4O3. The van der Waals surface area contributed by atoms with Crippen molar-refractivity contribution >= 4 is 17.5 Å². The third-order valence-electron chi connectivity index (χ3n) is 2.92. The van der Waals surface area contributed by atoms with Gasteiger partial charge in [-0.1, -0.05) is 12.1 Å². The number of amides is 2. The molecule has 7 heteroatoms. The monoisotopic (exact) mass is 300 g/mol. The first-order valence-electron chi connectivity index (χ1n) is 6.65. The summed E-state index contributed by atoms with van der Waals surface area (Å²) in [7, 11) is 1.49. The molecule has 2 amide bonds. The van der Waals surface area contributed by atoms with Gasteiger partial charge < -0.3 is 10.6 Å². The number of carbonyl (C=O) groups is 2. The molecule has 0 fully saturated rings. The average molecular weight is 300 g/mol. The molecule has 0 saturated carbocycles. The summed E-state index contributed by atoms with van der Waals surface area (Å²) in [6.45, 7) is 1.76. The Labute approximate surface area is 127 Å². The van der Waals surface area contributed by atoms with Gasteiger partial charge in [-0.2, -0.15) is 5.10 Å². The van der Waals surface area contributed by atoms with Gasteiger partial charge in [-0.05, 0) is 23.8 Å². The molecule has 114 valence electrons. The van der Waals surface area contributed by atoms with E-state index in [0.29, 0.717) is 12.2 Å². The number of aryl methyl sites for hydroxylation is 1. The molecule has 2 rings (SSSR count). The summed E-state index contributed by atoms with van der Waals surface area (Å²) in [5.74, 6) is -0.497. The van der Waals surface area contributed by atoms with Crippen LogP contribution in [0.2, 0.25) is 0 Å². The van der Waals surface area contributed by atoms with Gasteiger partial charge in [0, 0.05) is 32.3 Å². The van der Waals surface area contributed by atoms with Crippen LogP contribution in [0.4, 0.5) is 5.69 Å². The van der Waals surface area contributed by atoms with E-state index in [0.717, 1.165) is 10.2 Å². The maximum atomic E-state index is 11.9. The summed E-state index contributed by atoms with van der Waals surface area (Å²) >= 11 is 0. The number of aromatic nitrogens is 2. The zero-order valence-corrected chi connectivity index (χ0v) is 12.3. The van der Waals surface area contributed by atoms with Gasteiger partial charge in [-0.3, -0.25) is 14.4 Å². The minimum absolute atomic E-state index is 0.137. The highest BCUT2D eigenvalue weighted by Crippen LogP contribution is 2.09. The van der Waals surface area contributed by atoms with Crippen LogP contribution in [0.3, 0.4) is 0 Å². The van der Waals surface area contributed by atoms with Crippen molar-refractivity contribution in [1.29, 1.82) is 0 Å². The third kappa shape index (κ3) is 4.02. The fourth-order valence-electron chi connectivity index (χ4n) is 1.81. The van der Waals surface area contributed by atoms with Crippen LogP contribution in [0.15, 0.2) is 41.2 Å². The molecule has 22 heavy (non-hydrogen) atoms. The Kier molecular flexibility index (Phi) is 4.67. The van der Waals surface area contributed by atoms with Gasteiger partial charge in [0.05, 0.1) is 0 Å². The van der Waals surface area contributed by atoms with Crippen molar-refractivity contribution in [3.8, 4) is 0 Å². The molecule has 0 unspecified atom stereocenters. The van der Waals surface area contributed by atoms with E-state index in [1.807, 2.05) is 0 Å². The molecule has 1 aromatic carbocycles. The molecule has 0 spiro atoms. The Hall–Kier alpha value is -2.96. The van der Waals surface area contributed by atoms with Crippen molar-refractivity contribution < 1.29 is 9.59 Å². The van der Waals surface area contributed by atoms with E-state index in [2.05, 4.69) is 15.7 Å². The van der Waals surface area contributed by atoms with Gasteiger partial charge in [0.2, 0.25) is 5.91 Å². The molecule has 0 aliphatic heterocycles. The van der Waals surface area contributed by atoms with E-state index in [4.69, 9.17) is 0 Å². The molecular weight excluding hydrogens is 284 g/mol. The highest BCUT2D eigenvalue weighted by molar-refractivity contribution is 5.92. The molecule has 0 aliphatic rings. The fraction of sp³-hybridized carbons (Fsp3) is 0.200. The maximum absolute atomic E-state index is 11.9. The molecule has 1 heterocycles. The van der Waals surface area contributed by atoms with Gasteiger partial charge in [0.15, 0.2) is 0 Å². The SMILES string of the molecule is CC(=O)Nc1ccc(CNC(=O)c2ccc(=O)n(C)n2)cc1. The number of carbonyl (C=O) groups excluding carboxylic acids is 2. The van der Waals surface area contributed by atoms with Gasteiger partial charge in [0.25, 0.3) is 11.5 Å². The topological polar surface area (TPSA) is 93.1 Å². The summed E-state index contributed by atoms with van der Waals surface area (Å²) < 4.78 is 1.11. The second-order valence-electron chi connectivity index (χ2n) is 4.74. The van der Waals surface area contributed by atoms with Crippen LogP contribution >= 0.6 is 0 Å². The molecule has 0 aliphatic carbocycles. The molecule has 7 nitrogen and oxygen atoms in total. The number of anilines is 1. The number of hydrogen-bond donors (Lipinski definition) is 2. The second-order valence-corrected chi connectivity index (χ2v) is 4.74. The van der Waals surface area contributed by atoms with Gasteiger partial charge >= 0.3 is 0 Å². The van der Waals surface area contributed by atoms with Crippen molar-refractivity contribution in [2.45, 2.75) is 13.5 Å². The number of nitrogens with zero attached hydrogens (tertiary/aromatic N) is 2. The van der Waals surface area contributed by atoms with Crippen molar-refractivity contribution in [2.75, 3.05) is 5.32 Å². The third-order valence-corrected chi connectivity index (χ3v) is 2.92. The summed E-state index contributed by atoms with van der Waals surface area (Å²) in [6, 6.07) is 9.81. The van der Waals surface area contributed by atoms with E-state index >= 15 is 0 Å². The minimum Gasteiger partial charge on any atom is -0.347 e. The largest absolute Gasteiger partial charge is 0.347 e. The van der Waals surface area contributed by atoms with Gasteiger partial charge in [0.1, 0.15) is 5.69 Å². The first-order valence-corrected chi connectivity index (χ1v) is 6.65. The normalized spacial score (nSPS) is 10.1. The predicted molar refractivity (Wildman–Crippen MR) is 81.4 cm³/mol. The maximum Gasteiger partial charge on any atom is 0.271 e. The van der Waals surface area contributed by atoms with E-state index in [-0.39, 0.29) is 23.1 Å². The molecule has 2 N–H and O–H groups in total. The molecule has 2 aromatic rings. The number of hydrogen-bond acceptors (Lipinski definition) is 4. The summed E-state index contributed by atoms with van der Waals surface area (Å²) in [6.07, 6.45) is 0. The lowest BCUT2D eigenvalue weighted by molar-refractivity contribution is -0.114. The Morgan fingerprint density at radius 3 is 2.41 bits per heavy atom. The fourth-order valence-corrected chi connectivity index (χ4v) is 1.81. The number of rotatable bonds is 4. The van der Waals surface area contributed by atoms with Crippen LogP contribution in [0, 0.1) is 0 Å². The molecule has 0 atom stereocenters. The Balaban J connectivity index is 1.97. The van der Waals surface area contributed by atoms with Crippen molar-refractivity contribution in [3.05, 3.63) is 58.0 Å². The average Bonchev–Trinajstić information content (AvgIpc) is 2.48. The van der Waals surface area contributed by atoms with Crippen LogP contribution in [0.1, 0.15) is 23.0 Å². The molecule has 0 bridgehead atoms. The van der Waals surface area contributed by atoms with Gasteiger partial charge in [-0.15, -0.1) is 0 Å². The van der Waals surface area contributed by atoms with E-state index in [9.17, 15) is 14.4 Å². The highest BCUT2D eigenvalue weighted by atomic mass is 16.2. The van der Waals surface area contributed by atoms with E-state index in [1.54, 1.807) is 24.3 Å². The van der Waals surface area contributed by atoms with Crippen molar-refractivity contribution in [2.24, 2.45) is 7.05 Å². The van der Waals surface area contributed by atoms with Crippen molar-refractivity contribution in [1.82, 2.24) is 15.1 Å². The standard InChI is InChI=1S/C15H16N4O3/c1-10(20)17-12-5-3-11(4-6-12)9-16-15(22)13-7-8-14(21)19(2)18-13/h3-8H,9H2,1-2H3,(H,16,22)(H,17,20). The summed E-state index contributed by atoms with van der Waals surface area (Å²) in [4.78, 5) is 34.1. The Morgan fingerprint density at radius 2 is 1.82 bits per heavy atom. The Bertz CT molecular complexity index is 750. The minimum atomic E-state index is -0.360. The zero-order chi connectivity index (χ0) is 16.1. The van der Waals surface area contributed by atoms with Gasteiger partial charge in [-0.25, -0.2) is 4.68 Å². The second kappa shape index (κ2) is 6.66. The number of nitrogens with one attached hydrogen (secondary N) is 2. The zero-order valence-electron chi connectivity index (χ0n) is 12.3. The first kappa shape index (κ1) is 15.4. The van der Waals surface area contributed by atoms with Crippen LogP contribution < -0.4 is 16.2 Å². The highest BCUT2D eigenvalue weighted by Gasteiger charge is 2.08. The van der Waals surface area contributed by atoms with Crippen LogP contribution in [-0.4, -0.2) is 21.6 Å². The Morgan fingerprint density at radius 1 is 1.14 bits per heavy atom. The first-order chi connectivity index (χ1) is 10.5. The lowest BCUT2D eigenvalue weighted by Crippen LogP contribution is -2.28. The van der Waals surface area contributed by atoms with E-state index < -0.39 is 0 Å². The quantitative estimate of drug-likeness (QED) is 0.868. The summed E-state index contributed by atoms with van der Waals surface area (Å²) in [5.41, 5.74) is 1.48. The van der Waals surface area contributed by atoms with Crippen LogP contribution in [0.5, 0.6) is 0 Å². The van der Waals surface area contributed by atoms with Crippen LogP contribution in [0.25, 0.3) is 0 Å². The molecule has 0 radical (unpaired) electrons. The predicted octanol–water partition coefficient (Wildman–Crippen LogP) is 0.669. The lowest BCUT2D eigenvalue weighted by atomic mass is 10.2. The lowest BCUT2D eigenvalue weighted by Gasteiger charge is -2.07. The smallest absolute Gasteiger partial charge is 0.271 e. The van der Waals surface area contributed by atoms with Crippen molar-refractivity contribution in [3.63, 3.8) is 0 Å².